The first-order chi connectivity index (χ1) is 5.57. The summed E-state index contributed by atoms with van der Waals surface area (Å²) in [6, 6.07) is 0. The molecule has 0 bridgehead atoms. The molecule has 5 nitrogen and oxygen atoms in total. The zero-order valence-corrected chi connectivity index (χ0v) is 7.64. The third-order valence-corrected chi connectivity index (χ3v) is 1.32. The van der Waals surface area contributed by atoms with Crippen LogP contribution in [0.3, 0.4) is 0 Å². The van der Waals surface area contributed by atoms with Gasteiger partial charge in [-0.2, -0.15) is 0 Å². The average Bonchev–Trinajstić information content (AvgIpc) is 2.07. The average molecular weight is 182 g/mol. The molecule has 4 N–H and O–H groups in total. The van der Waals surface area contributed by atoms with Crippen LogP contribution in [-0.2, 0) is 4.74 Å². The van der Waals surface area contributed by atoms with E-state index < -0.39 is 12.4 Å². The van der Waals surface area contributed by atoms with E-state index in [0.717, 1.165) is 7.11 Å². The highest BCUT2D eigenvalue weighted by Crippen LogP contribution is 2.02. The first kappa shape index (κ1) is 14.3. The number of aliphatic hydroxyl groups is 4. The quantitative estimate of drug-likeness (QED) is 0.405. The summed E-state index contributed by atoms with van der Waals surface area (Å²) >= 11 is 0. The van der Waals surface area contributed by atoms with Crippen LogP contribution in [0.4, 0.5) is 0 Å². The Kier molecular flexibility index (Phi) is 10.6. The summed E-state index contributed by atoms with van der Waals surface area (Å²) in [5.41, 5.74) is 0. The maximum Gasteiger partial charge on any atom is 0.178 e. The van der Waals surface area contributed by atoms with Gasteiger partial charge < -0.3 is 25.2 Å². The smallest absolute Gasteiger partial charge is 0.178 e. The van der Waals surface area contributed by atoms with Crippen molar-refractivity contribution in [2.75, 3.05) is 14.2 Å². The van der Waals surface area contributed by atoms with Crippen molar-refractivity contribution in [1.29, 1.82) is 0 Å². The number of rotatable bonds is 4. The van der Waals surface area contributed by atoms with E-state index in [1.807, 2.05) is 0 Å². The molecule has 0 aliphatic rings. The van der Waals surface area contributed by atoms with Crippen LogP contribution in [0.15, 0.2) is 0 Å². The fraction of sp³-hybridized carbons (Fsp3) is 1.00. The van der Waals surface area contributed by atoms with E-state index in [2.05, 4.69) is 0 Å². The van der Waals surface area contributed by atoms with Gasteiger partial charge in [-0.1, -0.05) is 0 Å². The van der Waals surface area contributed by atoms with Crippen LogP contribution in [0.1, 0.15) is 13.3 Å². The molecule has 12 heavy (non-hydrogen) atoms. The van der Waals surface area contributed by atoms with Crippen molar-refractivity contribution in [2.45, 2.75) is 31.8 Å². The Morgan fingerprint density at radius 1 is 1.17 bits per heavy atom. The Morgan fingerprint density at radius 2 is 1.58 bits per heavy atom. The number of hydrogen-bond donors (Lipinski definition) is 4. The summed E-state index contributed by atoms with van der Waals surface area (Å²) in [4.78, 5) is 0. The van der Waals surface area contributed by atoms with E-state index in [4.69, 9.17) is 25.2 Å². The van der Waals surface area contributed by atoms with E-state index in [0.29, 0.717) is 0 Å². The minimum absolute atomic E-state index is 0.156. The molecule has 0 rings (SSSR count). The van der Waals surface area contributed by atoms with Gasteiger partial charge in [-0.3, -0.25) is 0 Å². The lowest BCUT2D eigenvalue weighted by Gasteiger charge is -2.15. The SMILES string of the molecule is CO.COC(C)CC(O)C(O)O. The minimum Gasteiger partial charge on any atom is -0.400 e. The summed E-state index contributed by atoms with van der Waals surface area (Å²) in [7, 11) is 2.50. The number of aliphatic hydroxyl groups excluding tert-OH is 3. The molecule has 0 spiro atoms. The summed E-state index contributed by atoms with van der Waals surface area (Å²) < 4.78 is 4.79. The summed E-state index contributed by atoms with van der Waals surface area (Å²) in [6.07, 6.45) is -2.71. The third-order valence-electron chi connectivity index (χ3n) is 1.32. The van der Waals surface area contributed by atoms with Crippen LogP contribution in [0, 0.1) is 0 Å². The van der Waals surface area contributed by atoms with E-state index in [1.54, 1.807) is 6.92 Å². The van der Waals surface area contributed by atoms with Crippen molar-refractivity contribution in [3.05, 3.63) is 0 Å². The molecule has 0 saturated heterocycles. The van der Waals surface area contributed by atoms with Gasteiger partial charge in [-0.15, -0.1) is 0 Å². The van der Waals surface area contributed by atoms with Crippen molar-refractivity contribution in [3.63, 3.8) is 0 Å². The van der Waals surface area contributed by atoms with Crippen LogP contribution in [0.5, 0.6) is 0 Å². The molecule has 0 aromatic heterocycles. The standard InChI is InChI=1S/C6H14O4.CH4O/c1-4(10-2)3-5(7)6(8)9;1-2/h4-9H,3H2,1-2H3;2H,1H3. The maximum atomic E-state index is 8.85. The molecule has 0 aliphatic carbocycles. The predicted molar refractivity (Wildman–Crippen MR) is 43.5 cm³/mol. The molecule has 76 valence electrons. The molecule has 2 atom stereocenters. The molecule has 0 fully saturated rings. The molecule has 5 heteroatoms. The maximum absolute atomic E-state index is 8.85. The minimum atomic E-state index is -1.67. The van der Waals surface area contributed by atoms with E-state index in [9.17, 15) is 0 Å². The number of ether oxygens (including phenoxy) is 1. The predicted octanol–water partition coefficient (Wildman–Crippen LogP) is -1.31. The van der Waals surface area contributed by atoms with Gasteiger partial charge in [0.05, 0.1) is 6.10 Å². The first-order valence-corrected chi connectivity index (χ1v) is 3.59. The molecule has 0 aromatic carbocycles. The molecule has 0 radical (unpaired) electrons. The Bertz CT molecular complexity index is 85.9. The zero-order chi connectivity index (χ0) is 10.1. The largest absolute Gasteiger partial charge is 0.400 e. The van der Waals surface area contributed by atoms with Gasteiger partial charge >= 0.3 is 0 Å². The van der Waals surface area contributed by atoms with Crippen molar-refractivity contribution in [1.82, 2.24) is 0 Å². The highest BCUT2D eigenvalue weighted by Gasteiger charge is 2.15. The van der Waals surface area contributed by atoms with E-state index >= 15 is 0 Å². The van der Waals surface area contributed by atoms with Crippen molar-refractivity contribution >= 4 is 0 Å². The van der Waals surface area contributed by atoms with Gasteiger partial charge in [0.25, 0.3) is 0 Å². The van der Waals surface area contributed by atoms with Gasteiger partial charge in [0.1, 0.15) is 6.10 Å². The van der Waals surface area contributed by atoms with Gasteiger partial charge in [0.15, 0.2) is 6.29 Å². The first-order valence-electron chi connectivity index (χ1n) is 3.59. The van der Waals surface area contributed by atoms with Crippen LogP contribution in [0.2, 0.25) is 0 Å². The summed E-state index contributed by atoms with van der Waals surface area (Å²) in [6.45, 7) is 1.74. The van der Waals surface area contributed by atoms with Crippen molar-refractivity contribution in [2.24, 2.45) is 0 Å². The lowest BCUT2D eigenvalue weighted by Crippen LogP contribution is -2.29. The van der Waals surface area contributed by atoms with Crippen LogP contribution >= 0.6 is 0 Å². The molecular weight excluding hydrogens is 164 g/mol. The van der Waals surface area contributed by atoms with Crippen molar-refractivity contribution < 1.29 is 25.2 Å². The Balaban J connectivity index is 0. The highest BCUT2D eigenvalue weighted by molar-refractivity contribution is 4.61. The highest BCUT2D eigenvalue weighted by atomic mass is 16.5. The monoisotopic (exact) mass is 182 g/mol. The van der Waals surface area contributed by atoms with Crippen molar-refractivity contribution in [3.8, 4) is 0 Å². The van der Waals surface area contributed by atoms with Crippen LogP contribution in [0.25, 0.3) is 0 Å². The second-order valence-corrected chi connectivity index (χ2v) is 2.26. The normalized spacial score (nSPS) is 15.0. The van der Waals surface area contributed by atoms with Gasteiger partial charge in [0, 0.05) is 20.6 Å². The number of hydrogen-bond acceptors (Lipinski definition) is 5. The molecule has 0 amide bonds. The van der Waals surface area contributed by atoms with Crippen LogP contribution in [-0.4, -0.2) is 53.1 Å². The lowest BCUT2D eigenvalue weighted by molar-refractivity contribution is -0.133. The molecule has 0 aromatic rings. The molecule has 2 unspecified atom stereocenters. The Labute approximate surface area is 72.2 Å². The fourth-order valence-corrected chi connectivity index (χ4v) is 0.558. The molecule has 0 saturated carbocycles. The fourth-order valence-electron chi connectivity index (χ4n) is 0.558. The van der Waals surface area contributed by atoms with Gasteiger partial charge in [0.2, 0.25) is 0 Å². The Hall–Kier alpha value is -0.200. The topological polar surface area (TPSA) is 90.2 Å². The molecule has 0 heterocycles. The van der Waals surface area contributed by atoms with Gasteiger partial charge in [-0.25, -0.2) is 0 Å². The number of methoxy groups -OCH3 is 1. The lowest BCUT2D eigenvalue weighted by atomic mass is 10.2. The Morgan fingerprint density at radius 3 is 1.83 bits per heavy atom. The summed E-state index contributed by atoms with van der Waals surface area (Å²) in [5.74, 6) is 0. The summed E-state index contributed by atoms with van der Waals surface area (Å²) in [5, 5.41) is 32.7. The van der Waals surface area contributed by atoms with E-state index in [1.165, 1.54) is 7.11 Å². The van der Waals surface area contributed by atoms with Crippen LogP contribution < -0.4 is 0 Å². The zero-order valence-electron chi connectivity index (χ0n) is 7.64. The van der Waals surface area contributed by atoms with Gasteiger partial charge in [-0.05, 0) is 6.92 Å². The molecule has 0 aliphatic heterocycles. The second-order valence-electron chi connectivity index (χ2n) is 2.26. The molecular formula is C7H18O5. The van der Waals surface area contributed by atoms with E-state index in [-0.39, 0.29) is 12.5 Å². The second kappa shape index (κ2) is 8.89. The third kappa shape index (κ3) is 7.90.